The first-order valence-electron chi connectivity index (χ1n) is 5.42. The molecule has 19 heavy (non-hydrogen) atoms. The zero-order valence-corrected chi connectivity index (χ0v) is 11.2. The van der Waals surface area contributed by atoms with E-state index in [0.29, 0.717) is 15.8 Å². The Kier molecular flexibility index (Phi) is 3.14. The van der Waals surface area contributed by atoms with Crippen LogP contribution in [-0.4, -0.2) is 24.8 Å². The predicted octanol–water partition coefficient (Wildman–Crippen LogP) is 1.59. The van der Waals surface area contributed by atoms with E-state index >= 15 is 0 Å². The molecule has 0 unspecified atom stereocenters. The highest BCUT2D eigenvalue weighted by Crippen LogP contribution is 2.15. The fraction of sp³-hybridized carbons (Fsp3) is 0.0909. The Balaban J connectivity index is 1.93. The minimum Gasteiger partial charge on any atom is -0.244 e. The maximum Gasteiger partial charge on any atom is 0.368 e. The number of benzene rings is 1. The summed E-state index contributed by atoms with van der Waals surface area (Å²) in [6, 6.07) is 9.12. The van der Waals surface area contributed by atoms with Crippen molar-refractivity contribution in [3.05, 3.63) is 56.4 Å². The summed E-state index contributed by atoms with van der Waals surface area (Å²) in [7, 11) is 0. The van der Waals surface area contributed by atoms with Gasteiger partial charge in [-0.15, -0.1) is 11.3 Å². The number of tetrazole rings is 1. The Morgan fingerprint density at radius 2 is 2.00 bits per heavy atom. The summed E-state index contributed by atoms with van der Waals surface area (Å²) >= 11 is 7.06. The molecule has 3 rings (SSSR count). The maximum atomic E-state index is 12.1. The number of hydrogen-bond donors (Lipinski definition) is 0. The third-order valence-corrected chi connectivity index (χ3v) is 3.50. The van der Waals surface area contributed by atoms with E-state index in [1.807, 2.05) is 18.2 Å². The summed E-state index contributed by atoms with van der Waals surface area (Å²) in [4.78, 5) is 16.2. The van der Waals surface area contributed by atoms with Crippen LogP contribution in [0, 0.1) is 0 Å². The molecule has 0 saturated carbocycles. The quantitative estimate of drug-likeness (QED) is 0.735. The molecule has 3 aromatic rings. The molecule has 0 N–H and O–H groups in total. The van der Waals surface area contributed by atoms with Gasteiger partial charge in [0.15, 0.2) is 4.47 Å². The maximum absolute atomic E-state index is 12.1. The van der Waals surface area contributed by atoms with Gasteiger partial charge >= 0.3 is 5.69 Å². The second kappa shape index (κ2) is 4.94. The minimum atomic E-state index is -0.310. The van der Waals surface area contributed by atoms with Gasteiger partial charge in [0.1, 0.15) is 0 Å². The van der Waals surface area contributed by atoms with Crippen LogP contribution in [0.2, 0.25) is 4.47 Å². The molecule has 0 atom stereocenters. The fourth-order valence-corrected chi connectivity index (χ4v) is 2.39. The van der Waals surface area contributed by atoms with Gasteiger partial charge in [-0.2, -0.15) is 9.36 Å². The van der Waals surface area contributed by atoms with Crippen molar-refractivity contribution in [2.75, 3.05) is 0 Å². The largest absolute Gasteiger partial charge is 0.368 e. The van der Waals surface area contributed by atoms with Crippen molar-refractivity contribution in [3.8, 4) is 5.69 Å². The molecule has 2 aromatic heterocycles. The van der Waals surface area contributed by atoms with Crippen LogP contribution in [0.5, 0.6) is 0 Å². The topological polar surface area (TPSA) is 65.6 Å². The number of halogens is 1. The van der Waals surface area contributed by atoms with Crippen LogP contribution in [0.4, 0.5) is 0 Å². The molecule has 8 heteroatoms. The number of aromatic nitrogens is 5. The van der Waals surface area contributed by atoms with Gasteiger partial charge in [-0.1, -0.05) is 29.8 Å². The van der Waals surface area contributed by atoms with Crippen molar-refractivity contribution in [2.24, 2.45) is 0 Å². The van der Waals surface area contributed by atoms with Crippen LogP contribution in [0.25, 0.3) is 5.69 Å². The molecule has 6 nitrogen and oxygen atoms in total. The summed E-state index contributed by atoms with van der Waals surface area (Å²) in [6.07, 6.45) is 0. The van der Waals surface area contributed by atoms with Crippen LogP contribution in [0.1, 0.15) is 5.69 Å². The second-order valence-electron chi connectivity index (χ2n) is 3.76. The zero-order chi connectivity index (χ0) is 13.2. The fourth-order valence-electron chi connectivity index (χ4n) is 1.61. The lowest BCUT2D eigenvalue weighted by Gasteiger charge is -1.96. The third kappa shape index (κ3) is 2.42. The average molecular weight is 294 g/mol. The number of para-hydroxylation sites is 1. The SMILES string of the molecule is O=c1n(Cc2csc(Cl)n2)nnn1-c1ccccc1. The Bertz CT molecular complexity index is 748. The molecule has 0 fully saturated rings. The van der Waals surface area contributed by atoms with Crippen molar-refractivity contribution in [1.29, 1.82) is 0 Å². The highest BCUT2D eigenvalue weighted by molar-refractivity contribution is 7.13. The first kappa shape index (κ1) is 12.1. The lowest BCUT2D eigenvalue weighted by molar-refractivity contribution is 0.624. The van der Waals surface area contributed by atoms with Gasteiger partial charge in [0, 0.05) is 5.38 Å². The van der Waals surface area contributed by atoms with Crippen LogP contribution < -0.4 is 5.69 Å². The van der Waals surface area contributed by atoms with Crippen molar-refractivity contribution in [1.82, 2.24) is 24.8 Å². The van der Waals surface area contributed by atoms with E-state index in [-0.39, 0.29) is 12.2 Å². The lowest BCUT2D eigenvalue weighted by Crippen LogP contribution is -2.24. The average Bonchev–Trinajstić information content (AvgIpc) is 2.99. The first-order valence-corrected chi connectivity index (χ1v) is 6.68. The summed E-state index contributed by atoms with van der Waals surface area (Å²) < 4.78 is 2.94. The molecule has 96 valence electrons. The third-order valence-electron chi connectivity index (χ3n) is 2.48. The Morgan fingerprint density at radius 1 is 1.21 bits per heavy atom. The summed E-state index contributed by atoms with van der Waals surface area (Å²) in [6.45, 7) is 0.259. The van der Waals surface area contributed by atoms with Gasteiger partial charge in [-0.3, -0.25) is 0 Å². The molecular formula is C11H8ClN5OS. The van der Waals surface area contributed by atoms with Crippen molar-refractivity contribution in [2.45, 2.75) is 6.54 Å². The van der Waals surface area contributed by atoms with E-state index in [2.05, 4.69) is 15.4 Å². The summed E-state index contributed by atoms with van der Waals surface area (Å²) in [5.41, 5.74) is 1.06. The lowest BCUT2D eigenvalue weighted by atomic mass is 10.3. The van der Waals surface area contributed by atoms with Crippen molar-refractivity contribution >= 4 is 22.9 Å². The Hall–Kier alpha value is -1.99. The monoisotopic (exact) mass is 293 g/mol. The van der Waals surface area contributed by atoms with E-state index < -0.39 is 0 Å². The molecule has 0 aliphatic heterocycles. The normalized spacial score (nSPS) is 10.8. The van der Waals surface area contributed by atoms with Gasteiger partial charge in [-0.25, -0.2) is 9.78 Å². The van der Waals surface area contributed by atoms with Crippen molar-refractivity contribution in [3.63, 3.8) is 0 Å². The molecule has 0 aliphatic carbocycles. The molecule has 1 aromatic carbocycles. The molecule has 0 amide bonds. The molecule has 0 aliphatic rings. The smallest absolute Gasteiger partial charge is 0.244 e. The van der Waals surface area contributed by atoms with Crippen LogP contribution in [-0.2, 0) is 6.54 Å². The number of thiazole rings is 1. The number of nitrogens with zero attached hydrogens (tertiary/aromatic N) is 5. The Labute approximate surface area is 116 Å². The molecule has 0 radical (unpaired) electrons. The second-order valence-corrected chi connectivity index (χ2v) is 5.20. The highest BCUT2D eigenvalue weighted by Gasteiger charge is 2.10. The number of hydrogen-bond acceptors (Lipinski definition) is 5. The zero-order valence-electron chi connectivity index (χ0n) is 9.60. The highest BCUT2D eigenvalue weighted by atomic mass is 35.5. The molecule has 0 bridgehead atoms. The first-order chi connectivity index (χ1) is 9.24. The van der Waals surface area contributed by atoms with Gasteiger partial charge in [0.25, 0.3) is 0 Å². The predicted molar refractivity (Wildman–Crippen MR) is 71.8 cm³/mol. The van der Waals surface area contributed by atoms with Crippen LogP contribution in [0.3, 0.4) is 0 Å². The van der Waals surface area contributed by atoms with E-state index in [0.717, 1.165) is 0 Å². The van der Waals surface area contributed by atoms with Crippen LogP contribution >= 0.6 is 22.9 Å². The molecule has 2 heterocycles. The van der Waals surface area contributed by atoms with Gasteiger partial charge < -0.3 is 0 Å². The number of rotatable bonds is 3. The minimum absolute atomic E-state index is 0.259. The standard InChI is InChI=1S/C11H8ClN5OS/c12-10-13-8(7-19-10)6-16-11(18)17(15-14-16)9-4-2-1-3-5-9/h1-5,7H,6H2. The van der Waals surface area contributed by atoms with E-state index in [9.17, 15) is 4.79 Å². The van der Waals surface area contributed by atoms with Crippen LogP contribution in [0.15, 0.2) is 40.5 Å². The Morgan fingerprint density at radius 3 is 2.68 bits per heavy atom. The van der Waals surface area contributed by atoms with E-state index in [1.54, 1.807) is 17.5 Å². The van der Waals surface area contributed by atoms with Gasteiger partial charge in [-0.05, 0) is 22.6 Å². The van der Waals surface area contributed by atoms with E-state index in [1.165, 1.54) is 20.7 Å². The summed E-state index contributed by atoms with van der Waals surface area (Å²) in [5.74, 6) is 0. The van der Waals surface area contributed by atoms with Gasteiger partial charge in [0.2, 0.25) is 0 Å². The van der Waals surface area contributed by atoms with Crippen molar-refractivity contribution < 1.29 is 0 Å². The van der Waals surface area contributed by atoms with Gasteiger partial charge in [0.05, 0.1) is 17.9 Å². The van der Waals surface area contributed by atoms with E-state index in [4.69, 9.17) is 11.6 Å². The molecular weight excluding hydrogens is 286 g/mol. The molecule has 0 saturated heterocycles. The molecule has 0 spiro atoms. The summed E-state index contributed by atoms with van der Waals surface area (Å²) in [5, 5.41) is 9.47.